The molecular formula is C18H32N6O2. The van der Waals surface area contributed by atoms with Gasteiger partial charge in [-0.2, -0.15) is 0 Å². The Labute approximate surface area is 155 Å². The highest BCUT2D eigenvalue weighted by Crippen LogP contribution is 2.28. The third-order valence-corrected chi connectivity index (χ3v) is 4.89. The molecule has 2 heterocycles. The Morgan fingerprint density at radius 2 is 2.19 bits per heavy atom. The van der Waals surface area contributed by atoms with Crippen LogP contribution in [0, 0.1) is 12.8 Å². The lowest BCUT2D eigenvalue weighted by molar-refractivity contribution is 0.113. The van der Waals surface area contributed by atoms with Crippen LogP contribution in [0.1, 0.15) is 43.8 Å². The Morgan fingerprint density at radius 1 is 1.31 bits per heavy atom. The van der Waals surface area contributed by atoms with Crippen LogP contribution in [0.2, 0.25) is 0 Å². The molecule has 0 bridgehead atoms. The summed E-state index contributed by atoms with van der Waals surface area (Å²) in [5.41, 5.74) is 0. The molecule has 8 heteroatoms. The van der Waals surface area contributed by atoms with Crippen molar-refractivity contribution in [3.63, 3.8) is 0 Å². The molecule has 2 N–H and O–H groups in total. The number of hydrogen-bond donors (Lipinski definition) is 2. The van der Waals surface area contributed by atoms with E-state index in [1.807, 2.05) is 18.5 Å². The first-order chi connectivity index (χ1) is 12.7. The van der Waals surface area contributed by atoms with Crippen LogP contribution in [0.5, 0.6) is 0 Å². The van der Waals surface area contributed by atoms with Gasteiger partial charge in [0.05, 0.1) is 6.10 Å². The zero-order valence-corrected chi connectivity index (χ0v) is 16.0. The summed E-state index contributed by atoms with van der Waals surface area (Å²) in [5, 5.41) is 15.0. The molecule has 0 radical (unpaired) electrons. The van der Waals surface area contributed by atoms with Gasteiger partial charge in [-0.3, -0.25) is 0 Å². The van der Waals surface area contributed by atoms with E-state index in [0.29, 0.717) is 6.54 Å². The number of aromatic nitrogens is 3. The van der Waals surface area contributed by atoms with E-state index in [-0.39, 0.29) is 6.10 Å². The summed E-state index contributed by atoms with van der Waals surface area (Å²) in [4.78, 5) is 4.66. The van der Waals surface area contributed by atoms with Crippen LogP contribution >= 0.6 is 0 Å². The molecule has 1 unspecified atom stereocenters. The second-order valence-corrected chi connectivity index (χ2v) is 7.20. The van der Waals surface area contributed by atoms with E-state index >= 15 is 0 Å². The van der Waals surface area contributed by atoms with Gasteiger partial charge in [0.25, 0.3) is 0 Å². The van der Waals surface area contributed by atoms with Crippen LogP contribution in [0.4, 0.5) is 0 Å². The van der Waals surface area contributed by atoms with Gasteiger partial charge in [-0.05, 0) is 44.9 Å². The Morgan fingerprint density at radius 3 is 2.88 bits per heavy atom. The number of guanidine groups is 1. The van der Waals surface area contributed by atoms with Gasteiger partial charge < -0.3 is 24.7 Å². The predicted molar refractivity (Wildman–Crippen MR) is 100 cm³/mol. The number of rotatable bonds is 10. The second kappa shape index (κ2) is 9.87. The summed E-state index contributed by atoms with van der Waals surface area (Å²) in [6.45, 7) is 6.63. The van der Waals surface area contributed by atoms with Crippen molar-refractivity contribution in [1.29, 1.82) is 0 Å². The van der Waals surface area contributed by atoms with Gasteiger partial charge in [0.15, 0.2) is 11.8 Å². The largest absolute Gasteiger partial charge is 0.381 e. The van der Waals surface area contributed by atoms with Gasteiger partial charge in [-0.15, -0.1) is 10.2 Å². The zero-order valence-electron chi connectivity index (χ0n) is 16.0. The summed E-state index contributed by atoms with van der Waals surface area (Å²) >= 11 is 0. The monoisotopic (exact) mass is 364 g/mol. The molecule has 1 saturated heterocycles. The van der Waals surface area contributed by atoms with Crippen molar-refractivity contribution in [3.8, 4) is 0 Å². The van der Waals surface area contributed by atoms with Crippen molar-refractivity contribution in [2.45, 2.75) is 51.7 Å². The maximum atomic E-state index is 5.69. The molecular weight excluding hydrogens is 332 g/mol. The highest BCUT2D eigenvalue weighted by Gasteiger charge is 2.20. The fraction of sp³-hybridized carbons (Fsp3) is 0.833. The predicted octanol–water partition coefficient (Wildman–Crippen LogP) is 1.15. The minimum Gasteiger partial charge on any atom is -0.381 e. The average Bonchev–Trinajstić information content (AvgIpc) is 3.22. The summed E-state index contributed by atoms with van der Waals surface area (Å²) in [6.07, 6.45) is 6.17. The summed E-state index contributed by atoms with van der Waals surface area (Å²) < 4.78 is 13.3. The molecule has 1 aliphatic carbocycles. The fourth-order valence-corrected chi connectivity index (χ4v) is 2.84. The van der Waals surface area contributed by atoms with E-state index in [1.54, 1.807) is 0 Å². The topological polar surface area (TPSA) is 85.6 Å². The van der Waals surface area contributed by atoms with Crippen molar-refractivity contribution < 1.29 is 9.47 Å². The minimum absolute atomic E-state index is 0.279. The number of nitrogens with zero attached hydrogens (tertiary/aromatic N) is 4. The first-order valence-electron chi connectivity index (χ1n) is 9.79. The number of aryl methyl sites for hydroxylation is 1. The SMILES string of the molecule is Cc1nnc(CN=C(NCCCOCC2CC2)NCC2CCCO2)n1C. The molecule has 1 atom stereocenters. The second-order valence-electron chi connectivity index (χ2n) is 7.20. The van der Waals surface area contributed by atoms with E-state index in [9.17, 15) is 0 Å². The molecule has 1 aromatic heterocycles. The molecule has 2 fully saturated rings. The van der Waals surface area contributed by atoms with Crippen LogP contribution in [0.3, 0.4) is 0 Å². The summed E-state index contributed by atoms with van der Waals surface area (Å²) in [7, 11) is 1.96. The smallest absolute Gasteiger partial charge is 0.191 e. The van der Waals surface area contributed by atoms with E-state index in [4.69, 9.17) is 9.47 Å². The standard InChI is InChI=1S/C18H32N6O2/c1-14-22-23-17(24(14)2)12-21-18(20-11-16-5-3-10-26-16)19-8-4-9-25-13-15-6-7-15/h15-16H,3-13H2,1-2H3,(H2,19,20,21). The van der Waals surface area contributed by atoms with Gasteiger partial charge in [-0.1, -0.05) is 0 Å². The Balaban J connectivity index is 1.43. The van der Waals surface area contributed by atoms with E-state index in [2.05, 4.69) is 25.8 Å². The first kappa shape index (κ1) is 19.1. The maximum absolute atomic E-state index is 5.69. The highest BCUT2D eigenvalue weighted by atomic mass is 16.5. The molecule has 146 valence electrons. The van der Waals surface area contributed by atoms with Gasteiger partial charge in [0, 0.05) is 40.0 Å². The molecule has 0 aromatic carbocycles. The van der Waals surface area contributed by atoms with Crippen LogP contribution in [0.15, 0.2) is 4.99 Å². The van der Waals surface area contributed by atoms with Gasteiger partial charge in [-0.25, -0.2) is 4.99 Å². The molecule has 1 saturated carbocycles. The van der Waals surface area contributed by atoms with Crippen molar-refractivity contribution in [2.24, 2.45) is 18.0 Å². The molecule has 0 amide bonds. The van der Waals surface area contributed by atoms with E-state index < -0.39 is 0 Å². The third-order valence-electron chi connectivity index (χ3n) is 4.89. The summed E-state index contributed by atoms with van der Waals surface area (Å²) in [5.74, 6) is 3.37. The van der Waals surface area contributed by atoms with Crippen molar-refractivity contribution >= 4 is 5.96 Å². The minimum atomic E-state index is 0.279. The quantitative estimate of drug-likeness (QED) is 0.368. The molecule has 2 aliphatic rings. The average molecular weight is 364 g/mol. The zero-order chi connectivity index (χ0) is 18.2. The third kappa shape index (κ3) is 6.25. The van der Waals surface area contributed by atoms with E-state index in [0.717, 1.165) is 75.7 Å². The van der Waals surface area contributed by atoms with E-state index in [1.165, 1.54) is 12.8 Å². The Bertz CT molecular complexity index is 578. The molecule has 3 rings (SSSR count). The fourth-order valence-electron chi connectivity index (χ4n) is 2.84. The van der Waals surface area contributed by atoms with Gasteiger partial charge in [0.2, 0.25) is 0 Å². The van der Waals surface area contributed by atoms with Crippen LogP contribution in [-0.4, -0.2) is 59.7 Å². The Kier molecular flexibility index (Phi) is 7.25. The number of hydrogen-bond acceptors (Lipinski definition) is 5. The normalized spacial score (nSPS) is 20.5. The molecule has 8 nitrogen and oxygen atoms in total. The molecule has 1 aromatic rings. The number of aliphatic imine (C=N–C) groups is 1. The maximum Gasteiger partial charge on any atom is 0.191 e. The van der Waals surface area contributed by atoms with Crippen molar-refractivity contribution in [2.75, 3.05) is 32.9 Å². The van der Waals surface area contributed by atoms with Crippen molar-refractivity contribution in [1.82, 2.24) is 25.4 Å². The number of nitrogens with one attached hydrogen (secondary N) is 2. The van der Waals surface area contributed by atoms with Crippen LogP contribution < -0.4 is 10.6 Å². The van der Waals surface area contributed by atoms with Gasteiger partial charge in [0.1, 0.15) is 12.4 Å². The lowest BCUT2D eigenvalue weighted by Crippen LogP contribution is -2.41. The van der Waals surface area contributed by atoms with Crippen molar-refractivity contribution in [3.05, 3.63) is 11.6 Å². The lowest BCUT2D eigenvalue weighted by atomic mass is 10.2. The molecule has 0 spiro atoms. The first-order valence-corrected chi connectivity index (χ1v) is 9.79. The molecule has 26 heavy (non-hydrogen) atoms. The Hall–Kier alpha value is -1.67. The summed E-state index contributed by atoms with van der Waals surface area (Å²) in [6, 6.07) is 0. The van der Waals surface area contributed by atoms with Crippen LogP contribution in [0.25, 0.3) is 0 Å². The highest BCUT2D eigenvalue weighted by molar-refractivity contribution is 5.79. The van der Waals surface area contributed by atoms with Gasteiger partial charge >= 0.3 is 0 Å². The lowest BCUT2D eigenvalue weighted by Gasteiger charge is -2.15. The number of ether oxygens (including phenoxy) is 2. The van der Waals surface area contributed by atoms with Crippen LogP contribution in [-0.2, 0) is 23.1 Å². The molecule has 1 aliphatic heterocycles.